The number of nitrogens with one attached hydrogen (secondary N) is 2. The second-order valence-corrected chi connectivity index (χ2v) is 4.09. The molecular formula is C13H15N3O3. The van der Waals surface area contributed by atoms with Crippen LogP contribution in [0.4, 0.5) is 5.82 Å². The molecule has 0 saturated carbocycles. The Kier molecular flexibility index (Phi) is 3.70. The highest BCUT2D eigenvalue weighted by molar-refractivity contribution is 5.35. The van der Waals surface area contributed by atoms with E-state index in [2.05, 4.69) is 10.3 Å². The Bertz CT molecular complexity index is 640. The normalized spacial score (nSPS) is 10.2. The molecule has 0 unspecified atom stereocenters. The molecule has 0 amide bonds. The van der Waals surface area contributed by atoms with Crippen LogP contribution in [0.1, 0.15) is 5.56 Å². The summed E-state index contributed by atoms with van der Waals surface area (Å²) in [6.45, 7) is 0.507. The molecule has 1 aromatic carbocycles. The van der Waals surface area contributed by atoms with Crippen LogP contribution >= 0.6 is 0 Å². The molecule has 6 heteroatoms. The van der Waals surface area contributed by atoms with Gasteiger partial charge in [-0.25, -0.2) is 4.79 Å². The molecule has 0 saturated heterocycles. The summed E-state index contributed by atoms with van der Waals surface area (Å²) < 4.78 is 6.08. The van der Waals surface area contributed by atoms with Crippen molar-refractivity contribution in [3.05, 3.63) is 56.7 Å². The van der Waals surface area contributed by atoms with Crippen LogP contribution in [0.3, 0.4) is 0 Å². The molecule has 0 radical (unpaired) electrons. The van der Waals surface area contributed by atoms with Gasteiger partial charge in [-0.3, -0.25) is 14.3 Å². The van der Waals surface area contributed by atoms with Gasteiger partial charge in [0.15, 0.2) is 0 Å². The number of rotatable bonds is 4. The molecule has 19 heavy (non-hydrogen) atoms. The molecule has 0 aliphatic rings. The van der Waals surface area contributed by atoms with E-state index in [0.717, 1.165) is 15.9 Å². The number of benzene rings is 1. The molecule has 1 heterocycles. The lowest BCUT2D eigenvalue weighted by Gasteiger charge is -2.07. The van der Waals surface area contributed by atoms with Crippen molar-refractivity contribution < 1.29 is 4.74 Å². The lowest BCUT2D eigenvalue weighted by atomic mass is 10.2. The van der Waals surface area contributed by atoms with Crippen LogP contribution in [0.25, 0.3) is 0 Å². The largest absolute Gasteiger partial charge is 0.497 e. The summed E-state index contributed by atoms with van der Waals surface area (Å²) in [6.07, 6.45) is 0. The molecule has 100 valence electrons. The molecule has 0 fully saturated rings. The first-order valence-electron chi connectivity index (χ1n) is 5.77. The number of hydrogen-bond acceptors (Lipinski definition) is 4. The van der Waals surface area contributed by atoms with Crippen LogP contribution in [0.5, 0.6) is 5.75 Å². The number of anilines is 1. The Hall–Kier alpha value is -2.50. The third-order valence-corrected chi connectivity index (χ3v) is 2.79. The third-order valence-electron chi connectivity index (χ3n) is 2.79. The van der Waals surface area contributed by atoms with E-state index >= 15 is 0 Å². The summed E-state index contributed by atoms with van der Waals surface area (Å²) >= 11 is 0. The summed E-state index contributed by atoms with van der Waals surface area (Å²) in [6, 6.07) is 8.87. The number of hydrogen-bond donors (Lipinski definition) is 2. The van der Waals surface area contributed by atoms with Gasteiger partial charge in [0.25, 0.3) is 5.56 Å². The first-order chi connectivity index (χ1) is 9.10. The molecule has 1 aromatic heterocycles. The quantitative estimate of drug-likeness (QED) is 0.849. The molecule has 2 N–H and O–H groups in total. The Balaban J connectivity index is 2.10. The third kappa shape index (κ3) is 3.04. The van der Waals surface area contributed by atoms with Gasteiger partial charge in [0.05, 0.1) is 7.11 Å². The Morgan fingerprint density at radius 3 is 2.53 bits per heavy atom. The fraction of sp³-hybridized carbons (Fsp3) is 0.231. The first kappa shape index (κ1) is 12.9. The van der Waals surface area contributed by atoms with Gasteiger partial charge in [0, 0.05) is 19.7 Å². The van der Waals surface area contributed by atoms with Crippen molar-refractivity contribution in [3.63, 3.8) is 0 Å². The van der Waals surface area contributed by atoms with Crippen LogP contribution in [0.2, 0.25) is 0 Å². The number of nitrogens with zero attached hydrogens (tertiary/aromatic N) is 1. The van der Waals surface area contributed by atoms with E-state index in [1.54, 1.807) is 7.11 Å². The summed E-state index contributed by atoms with van der Waals surface area (Å²) in [4.78, 5) is 25.4. The Morgan fingerprint density at radius 2 is 1.95 bits per heavy atom. The van der Waals surface area contributed by atoms with E-state index in [9.17, 15) is 9.59 Å². The second-order valence-electron chi connectivity index (χ2n) is 4.09. The fourth-order valence-corrected chi connectivity index (χ4v) is 1.59. The first-order valence-corrected chi connectivity index (χ1v) is 5.77. The zero-order chi connectivity index (χ0) is 13.8. The van der Waals surface area contributed by atoms with Gasteiger partial charge in [0.1, 0.15) is 11.6 Å². The van der Waals surface area contributed by atoms with Crippen LogP contribution in [-0.2, 0) is 13.6 Å². The molecule has 0 spiro atoms. The maximum absolute atomic E-state index is 11.4. The van der Waals surface area contributed by atoms with Crippen molar-refractivity contribution in [3.8, 4) is 5.75 Å². The van der Waals surface area contributed by atoms with Gasteiger partial charge >= 0.3 is 5.69 Å². The SMILES string of the molecule is COc1ccc(CNc2cc(=O)n(C)c(=O)[nH]2)cc1. The average Bonchev–Trinajstić information content (AvgIpc) is 2.43. The summed E-state index contributed by atoms with van der Waals surface area (Å²) in [5.74, 6) is 1.19. The predicted octanol–water partition coefficient (Wildman–Crippen LogP) is 0.694. The second kappa shape index (κ2) is 5.43. The standard InChI is InChI=1S/C13H15N3O3/c1-16-12(17)7-11(15-13(16)18)14-8-9-3-5-10(19-2)6-4-9/h3-7,14H,8H2,1-2H3,(H,15,18). The minimum absolute atomic E-state index is 0.346. The molecule has 6 nitrogen and oxygen atoms in total. The van der Waals surface area contributed by atoms with Crippen molar-refractivity contribution in [1.82, 2.24) is 9.55 Å². The number of ether oxygens (including phenoxy) is 1. The molecule has 0 bridgehead atoms. The summed E-state index contributed by atoms with van der Waals surface area (Å²) in [7, 11) is 3.03. The van der Waals surface area contributed by atoms with E-state index in [1.165, 1.54) is 13.1 Å². The minimum Gasteiger partial charge on any atom is -0.497 e. The molecule has 0 aliphatic carbocycles. The fourth-order valence-electron chi connectivity index (χ4n) is 1.59. The van der Waals surface area contributed by atoms with Crippen LogP contribution in [0, 0.1) is 0 Å². The zero-order valence-electron chi connectivity index (χ0n) is 10.8. The molecule has 0 aliphatic heterocycles. The maximum Gasteiger partial charge on any atom is 0.329 e. The Morgan fingerprint density at radius 1 is 1.26 bits per heavy atom. The minimum atomic E-state index is -0.440. The molecular weight excluding hydrogens is 246 g/mol. The summed E-state index contributed by atoms with van der Waals surface area (Å²) in [5.41, 5.74) is 0.230. The highest BCUT2D eigenvalue weighted by Crippen LogP contribution is 2.11. The predicted molar refractivity (Wildman–Crippen MR) is 72.6 cm³/mol. The van der Waals surface area contributed by atoms with Crippen molar-refractivity contribution in [2.45, 2.75) is 6.54 Å². The van der Waals surface area contributed by atoms with Gasteiger partial charge < -0.3 is 10.1 Å². The number of H-pyrrole nitrogens is 1. The highest BCUT2D eigenvalue weighted by Gasteiger charge is 2.00. The monoisotopic (exact) mass is 261 g/mol. The van der Waals surface area contributed by atoms with Gasteiger partial charge in [-0.1, -0.05) is 12.1 Å². The molecule has 0 atom stereocenters. The van der Waals surface area contributed by atoms with Crippen molar-refractivity contribution in [2.24, 2.45) is 7.05 Å². The van der Waals surface area contributed by atoms with Crippen molar-refractivity contribution in [2.75, 3.05) is 12.4 Å². The number of methoxy groups -OCH3 is 1. The van der Waals surface area contributed by atoms with Crippen molar-refractivity contribution >= 4 is 5.82 Å². The maximum atomic E-state index is 11.4. The average molecular weight is 261 g/mol. The number of aromatic amines is 1. The van der Waals surface area contributed by atoms with E-state index in [4.69, 9.17) is 4.74 Å². The zero-order valence-corrected chi connectivity index (χ0v) is 10.8. The van der Waals surface area contributed by atoms with Crippen LogP contribution in [-0.4, -0.2) is 16.7 Å². The van der Waals surface area contributed by atoms with Crippen LogP contribution in [0.15, 0.2) is 39.9 Å². The molecule has 2 rings (SSSR count). The van der Waals surface area contributed by atoms with Gasteiger partial charge in [-0.05, 0) is 17.7 Å². The molecule has 2 aromatic rings. The van der Waals surface area contributed by atoms with E-state index < -0.39 is 5.69 Å². The summed E-state index contributed by atoms with van der Waals surface area (Å²) in [5, 5.41) is 3.00. The van der Waals surface area contributed by atoms with Crippen molar-refractivity contribution in [1.29, 1.82) is 0 Å². The Labute approximate surface area is 109 Å². The van der Waals surface area contributed by atoms with E-state index in [0.29, 0.717) is 12.4 Å². The smallest absolute Gasteiger partial charge is 0.329 e. The lowest BCUT2D eigenvalue weighted by molar-refractivity contribution is 0.414. The highest BCUT2D eigenvalue weighted by atomic mass is 16.5. The van der Waals surface area contributed by atoms with Gasteiger partial charge in [-0.15, -0.1) is 0 Å². The number of aromatic nitrogens is 2. The van der Waals surface area contributed by atoms with Gasteiger partial charge in [0.2, 0.25) is 0 Å². The topological polar surface area (TPSA) is 76.1 Å². The van der Waals surface area contributed by atoms with E-state index in [1.807, 2.05) is 24.3 Å². The van der Waals surface area contributed by atoms with Gasteiger partial charge in [-0.2, -0.15) is 0 Å². The van der Waals surface area contributed by atoms with E-state index in [-0.39, 0.29) is 5.56 Å². The lowest BCUT2D eigenvalue weighted by Crippen LogP contribution is -2.32. The van der Waals surface area contributed by atoms with Crippen LogP contribution < -0.4 is 21.3 Å².